The summed E-state index contributed by atoms with van der Waals surface area (Å²) in [6, 6.07) is 0. The van der Waals surface area contributed by atoms with Gasteiger partial charge < -0.3 is 19.9 Å². The Morgan fingerprint density at radius 2 is 1.96 bits per heavy atom. The zero-order chi connectivity index (χ0) is 18.6. The monoisotopic (exact) mass is 377 g/mol. The number of ether oxygens (including phenoxy) is 2. The Balaban J connectivity index is 1.48. The first kappa shape index (κ1) is 18.5. The van der Waals surface area contributed by atoms with Gasteiger partial charge in [0, 0.05) is 46.3 Å². The molecule has 10 heteroatoms. The van der Waals surface area contributed by atoms with E-state index in [-0.39, 0.29) is 18.9 Å². The fourth-order valence-electron chi connectivity index (χ4n) is 3.68. The molecule has 2 aliphatic rings. The zero-order valence-corrected chi connectivity index (χ0v) is 15.6. The van der Waals surface area contributed by atoms with Crippen LogP contribution in [0.15, 0.2) is 12.7 Å². The van der Waals surface area contributed by atoms with Crippen molar-refractivity contribution in [2.75, 3.05) is 71.5 Å². The summed E-state index contributed by atoms with van der Waals surface area (Å²) in [7, 11) is 1.81. The largest absolute Gasteiger partial charge is 0.394 e. The third-order valence-corrected chi connectivity index (χ3v) is 5.17. The van der Waals surface area contributed by atoms with Gasteiger partial charge in [-0.2, -0.15) is 0 Å². The Hall–Kier alpha value is -1.85. The summed E-state index contributed by atoms with van der Waals surface area (Å²) in [4.78, 5) is 17.8. The molecule has 2 atom stereocenters. The Kier molecular flexibility index (Phi) is 5.79. The van der Waals surface area contributed by atoms with Gasteiger partial charge in [0.2, 0.25) is 0 Å². The minimum absolute atomic E-state index is 0.00602. The van der Waals surface area contributed by atoms with Gasteiger partial charge in [-0.3, -0.25) is 14.4 Å². The lowest BCUT2D eigenvalue weighted by Crippen LogP contribution is -2.50. The highest BCUT2D eigenvalue weighted by atomic mass is 16.5. The molecule has 0 spiro atoms. The standard InChI is InChI=1S/C17H27N7O3/c1-18-16-15-17(20-11-19-16)24(12-21-15)14-9-23(8-13(10-25)27-14)3-2-22-4-6-26-7-5-22/h11-14,25H,2-10H2,1H3,(H,18,19,20)/t13-,14+/m0/s1. The van der Waals surface area contributed by atoms with Crippen LogP contribution in [0.3, 0.4) is 0 Å². The number of imidazole rings is 1. The quantitative estimate of drug-likeness (QED) is 0.683. The molecule has 2 fully saturated rings. The molecule has 10 nitrogen and oxygen atoms in total. The van der Waals surface area contributed by atoms with Crippen molar-refractivity contribution in [3.63, 3.8) is 0 Å². The van der Waals surface area contributed by atoms with Gasteiger partial charge in [-0.15, -0.1) is 0 Å². The van der Waals surface area contributed by atoms with Crippen LogP contribution in [-0.2, 0) is 9.47 Å². The maximum absolute atomic E-state index is 9.70. The number of hydrogen-bond donors (Lipinski definition) is 2. The molecule has 2 saturated heterocycles. The molecular formula is C17H27N7O3. The van der Waals surface area contributed by atoms with Gasteiger partial charge in [-0.1, -0.05) is 0 Å². The fraction of sp³-hybridized carbons (Fsp3) is 0.706. The smallest absolute Gasteiger partial charge is 0.167 e. The van der Waals surface area contributed by atoms with Crippen LogP contribution in [-0.4, -0.2) is 107 Å². The summed E-state index contributed by atoms with van der Waals surface area (Å²) < 4.78 is 13.4. The van der Waals surface area contributed by atoms with E-state index in [0.717, 1.165) is 63.6 Å². The molecule has 0 bridgehead atoms. The van der Waals surface area contributed by atoms with Crippen LogP contribution >= 0.6 is 0 Å². The van der Waals surface area contributed by atoms with Crippen molar-refractivity contribution in [2.24, 2.45) is 0 Å². The highest BCUT2D eigenvalue weighted by Gasteiger charge is 2.30. The molecule has 0 amide bonds. The van der Waals surface area contributed by atoms with E-state index in [1.54, 1.807) is 6.33 Å². The first-order valence-electron chi connectivity index (χ1n) is 9.42. The van der Waals surface area contributed by atoms with Crippen LogP contribution in [0.1, 0.15) is 6.23 Å². The zero-order valence-electron chi connectivity index (χ0n) is 15.6. The number of morpholine rings is 2. The predicted molar refractivity (Wildman–Crippen MR) is 99.6 cm³/mol. The average Bonchev–Trinajstić information content (AvgIpc) is 3.17. The molecule has 4 heterocycles. The van der Waals surface area contributed by atoms with Crippen molar-refractivity contribution in [3.05, 3.63) is 12.7 Å². The van der Waals surface area contributed by atoms with Crippen LogP contribution in [0.25, 0.3) is 11.2 Å². The first-order valence-corrected chi connectivity index (χ1v) is 9.42. The highest BCUT2D eigenvalue weighted by Crippen LogP contribution is 2.25. The summed E-state index contributed by atoms with van der Waals surface area (Å²) in [5.41, 5.74) is 1.45. The maximum atomic E-state index is 9.70. The first-order chi connectivity index (χ1) is 13.3. The molecule has 0 radical (unpaired) electrons. The van der Waals surface area contributed by atoms with E-state index in [9.17, 15) is 5.11 Å². The number of aliphatic hydroxyl groups is 1. The van der Waals surface area contributed by atoms with Crippen LogP contribution in [0.5, 0.6) is 0 Å². The van der Waals surface area contributed by atoms with Crippen LogP contribution < -0.4 is 5.32 Å². The third-order valence-electron chi connectivity index (χ3n) is 5.17. The Labute approximate surface area is 158 Å². The lowest BCUT2D eigenvalue weighted by Gasteiger charge is -2.39. The van der Waals surface area contributed by atoms with Crippen molar-refractivity contribution in [2.45, 2.75) is 12.3 Å². The molecule has 0 aliphatic carbocycles. The van der Waals surface area contributed by atoms with E-state index in [1.807, 2.05) is 11.6 Å². The Morgan fingerprint density at radius 1 is 1.15 bits per heavy atom. The van der Waals surface area contributed by atoms with Gasteiger partial charge in [-0.05, 0) is 0 Å². The van der Waals surface area contributed by atoms with Gasteiger partial charge >= 0.3 is 0 Å². The molecule has 2 aliphatic heterocycles. The van der Waals surface area contributed by atoms with E-state index in [0.29, 0.717) is 5.82 Å². The van der Waals surface area contributed by atoms with Gasteiger partial charge in [0.1, 0.15) is 18.1 Å². The van der Waals surface area contributed by atoms with Crippen molar-refractivity contribution in [1.82, 2.24) is 29.3 Å². The number of hydrogen-bond acceptors (Lipinski definition) is 9. The number of aliphatic hydroxyl groups excluding tert-OH is 1. The molecule has 0 aromatic carbocycles. The fourth-order valence-corrected chi connectivity index (χ4v) is 3.68. The number of fused-ring (bicyclic) bond motifs is 1. The van der Waals surface area contributed by atoms with Crippen molar-refractivity contribution >= 4 is 17.0 Å². The second-order valence-corrected chi connectivity index (χ2v) is 6.91. The summed E-state index contributed by atoms with van der Waals surface area (Å²) in [5, 5.41) is 12.7. The molecule has 2 aromatic heterocycles. The number of anilines is 1. The minimum atomic E-state index is -0.245. The van der Waals surface area contributed by atoms with E-state index < -0.39 is 0 Å². The van der Waals surface area contributed by atoms with Crippen molar-refractivity contribution in [3.8, 4) is 0 Å². The topological polar surface area (TPSA) is 101 Å². The normalized spacial score (nSPS) is 25.1. The minimum Gasteiger partial charge on any atom is -0.394 e. The van der Waals surface area contributed by atoms with E-state index in [1.165, 1.54) is 6.33 Å². The number of nitrogens with zero attached hydrogens (tertiary/aromatic N) is 6. The van der Waals surface area contributed by atoms with Crippen LogP contribution in [0.4, 0.5) is 5.82 Å². The van der Waals surface area contributed by atoms with Gasteiger partial charge in [0.15, 0.2) is 11.5 Å². The average molecular weight is 377 g/mol. The molecule has 2 N–H and O–H groups in total. The molecule has 148 valence electrons. The lowest BCUT2D eigenvalue weighted by atomic mass is 10.2. The molecule has 2 aromatic rings. The maximum Gasteiger partial charge on any atom is 0.167 e. The summed E-state index contributed by atoms with van der Waals surface area (Å²) >= 11 is 0. The van der Waals surface area contributed by atoms with Gasteiger partial charge in [0.05, 0.1) is 32.3 Å². The number of rotatable bonds is 6. The van der Waals surface area contributed by atoms with Gasteiger partial charge in [0.25, 0.3) is 0 Å². The van der Waals surface area contributed by atoms with Crippen LogP contribution in [0, 0.1) is 0 Å². The van der Waals surface area contributed by atoms with E-state index >= 15 is 0 Å². The number of nitrogens with one attached hydrogen (secondary N) is 1. The Bertz CT molecular complexity index is 749. The summed E-state index contributed by atoms with van der Waals surface area (Å²) in [6.07, 6.45) is 2.79. The highest BCUT2D eigenvalue weighted by molar-refractivity contribution is 5.82. The van der Waals surface area contributed by atoms with Crippen molar-refractivity contribution < 1.29 is 14.6 Å². The summed E-state index contributed by atoms with van der Waals surface area (Å²) in [6.45, 7) is 6.93. The molecule has 27 heavy (non-hydrogen) atoms. The van der Waals surface area contributed by atoms with E-state index in [2.05, 4.69) is 30.1 Å². The predicted octanol–water partition coefficient (Wildman–Crippen LogP) is -0.608. The summed E-state index contributed by atoms with van der Waals surface area (Å²) in [5.74, 6) is 0.692. The van der Waals surface area contributed by atoms with Gasteiger partial charge in [-0.25, -0.2) is 15.0 Å². The molecule has 0 saturated carbocycles. The SMILES string of the molecule is CNc1ncnc2c1ncn2[C@H]1CN(CCN2CCOCC2)C[C@@H](CO)O1. The second kappa shape index (κ2) is 8.44. The molecule has 0 unspecified atom stereocenters. The Morgan fingerprint density at radius 3 is 2.74 bits per heavy atom. The lowest BCUT2D eigenvalue weighted by molar-refractivity contribution is -0.134. The van der Waals surface area contributed by atoms with E-state index in [4.69, 9.17) is 9.47 Å². The second-order valence-electron chi connectivity index (χ2n) is 6.91. The number of aromatic nitrogens is 4. The third kappa shape index (κ3) is 4.04. The molecule has 4 rings (SSSR count). The molecular weight excluding hydrogens is 350 g/mol. The van der Waals surface area contributed by atoms with Crippen LogP contribution in [0.2, 0.25) is 0 Å². The van der Waals surface area contributed by atoms with Crippen molar-refractivity contribution in [1.29, 1.82) is 0 Å².